The van der Waals surface area contributed by atoms with E-state index in [0.29, 0.717) is 0 Å². The summed E-state index contributed by atoms with van der Waals surface area (Å²) < 4.78 is 26.7. The predicted molar refractivity (Wildman–Crippen MR) is 136 cm³/mol. The molecule has 3 aromatic rings. The quantitative estimate of drug-likeness (QED) is 0.229. The first-order chi connectivity index (χ1) is 16.0. The Bertz CT molecular complexity index is 976. The molecule has 0 nitrogen and oxygen atoms in total. The summed E-state index contributed by atoms with van der Waals surface area (Å²) in [4.78, 5) is 0. The molecule has 0 spiro atoms. The van der Waals surface area contributed by atoms with Crippen LogP contribution in [-0.2, 0) is 18.3 Å². The lowest BCUT2D eigenvalue weighted by atomic mass is 9.68. The van der Waals surface area contributed by atoms with Gasteiger partial charge in [0.05, 0.1) is 0 Å². The minimum absolute atomic E-state index is 0.145. The molecule has 0 saturated heterocycles. The van der Waals surface area contributed by atoms with Gasteiger partial charge in [-0.3, -0.25) is 0 Å². The lowest BCUT2D eigenvalue weighted by Crippen LogP contribution is -2.27. The van der Waals surface area contributed by atoms with Crippen LogP contribution < -0.4 is 0 Å². The van der Waals surface area contributed by atoms with Crippen LogP contribution in [0, 0.1) is 18.6 Å². The first-order valence-corrected chi connectivity index (χ1v) is 12.6. The van der Waals surface area contributed by atoms with E-state index in [-0.39, 0.29) is 17.0 Å². The molecule has 0 aliphatic rings. The molecular weight excluding hydrogens is 410 g/mol. The van der Waals surface area contributed by atoms with E-state index >= 15 is 0 Å². The summed E-state index contributed by atoms with van der Waals surface area (Å²) in [5.41, 5.74) is 5.37. The van der Waals surface area contributed by atoms with Crippen LogP contribution in [0.25, 0.3) is 0 Å². The SMILES string of the molecule is CCCC(CCCCc1ccc(F)cc1)(CCCCc1cccc(F)c1)c1ccccc1C. The van der Waals surface area contributed by atoms with Gasteiger partial charge in [0.25, 0.3) is 0 Å². The molecule has 33 heavy (non-hydrogen) atoms. The molecule has 3 rings (SSSR count). The molecule has 0 heterocycles. The van der Waals surface area contributed by atoms with Crippen LogP contribution in [0.1, 0.15) is 80.5 Å². The highest BCUT2D eigenvalue weighted by molar-refractivity contribution is 5.33. The van der Waals surface area contributed by atoms with E-state index in [4.69, 9.17) is 0 Å². The first-order valence-electron chi connectivity index (χ1n) is 12.6. The zero-order chi connectivity index (χ0) is 23.5. The molecule has 2 heteroatoms. The minimum Gasteiger partial charge on any atom is -0.207 e. The highest BCUT2D eigenvalue weighted by atomic mass is 19.1. The molecule has 0 aliphatic carbocycles. The maximum atomic E-state index is 13.5. The summed E-state index contributed by atoms with van der Waals surface area (Å²) in [6.07, 6.45) is 11.1. The second kappa shape index (κ2) is 12.7. The predicted octanol–water partition coefficient (Wildman–Crippen LogP) is 9.14. The largest absolute Gasteiger partial charge is 0.207 e. The zero-order valence-corrected chi connectivity index (χ0v) is 20.3. The van der Waals surface area contributed by atoms with Gasteiger partial charge in [0.2, 0.25) is 0 Å². The Kier molecular flexibility index (Phi) is 9.66. The molecule has 0 aromatic heterocycles. The number of benzene rings is 3. The van der Waals surface area contributed by atoms with E-state index in [0.717, 1.165) is 56.9 Å². The fourth-order valence-electron chi connectivity index (χ4n) is 5.35. The van der Waals surface area contributed by atoms with Crippen LogP contribution in [0.2, 0.25) is 0 Å². The smallest absolute Gasteiger partial charge is 0.123 e. The van der Waals surface area contributed by atoms with E-state index in [1.807, 2.05) is 18.2 Å². The van der Waals surface area contributed by atoms with Gasteiger partial charge >= 0.3 is 0 Å². The number of rotatable bonds is 13. The van der Waals surface area contributed by atoms with Gasteiger partial charge < -0.3 is 0 Å². The topological polar surface area (TPSA) is 0 Å². The van der Waals surface area contributed by atoms with Gasteiger partial charge in [-0.05, 0) is 104 Å². The van der Waals surface area contributed by atoms with E-state index in [9.17, 15) is 8.78 Å². The van der Waals surface area contributed by atoms with Crippen LogP contribution >= 0.6 is 0 Å². The average molecular weight is 449 g/mol. The third-order valence-corrected chi connectivity index (χ3v) is 6.99. The summed E-state index contributed by atoms with van der Waals surface area (Å²) in [6, 6.07) is 22.8. The van der Waals surface area contributed by atoms with Crippen LogP contribution in [0.3, 0.4) is 0 Å². The minimum atomic E-state index is -0.168. The van der Waals surface area contributed by atoms with Gasteiger partial charge in [-0.25, -0.2) is 8.78 Å². The fraction of sp³-hybridized carbons (Fsp3) is 0.419. The summed E-state index contributed by atoms with van der Waals surface area (Å²) in [5, 5.41) is 0. The van der Waals surface area contributed by atoms with E-state index in [2.05, 4.69) is 38.1 Å². The van der Waals surface area contributed by atoms with Crippen molar-refractivity contribution in [2.75, 3.05) is 0 Å². The number of hydrogen-bond acceptors (Lipinski definition) is 0. The number of aryl methyl sites for hydroxylation is 3. The maximum Gasteiger partial charge on any atom is 0.123 e. The number of halogens is 2. The molecule has 176 valence electrons. The summed E-state index contributed by atoms with van der Waals surface area (Å²) in [6.45, 7) is 4.53. The monoisotopic (exact) mass is 448 g/mol. The Balaban J connectivity index is 1.66. The average Bonchev–Trinajstić information content (AvgIpc) is 2.81. The highest BCUT2D eigenvalue weighted by Crippen LogP contribution is 2.41. The third kappa shape index (κ3) is 7.52. The van der Waals surface area contributed by atoms with Crippen molar-refractivity contribution in [3.8, 4) is 0 Å². The fourth-order valence-corrected chi connectivity index (χ4v) is 5.35. The van der Waals surface area contributed by atoms with Crippen molar-refractivity contribution in [3.63, 3.8) is 0 Å². The summed E-state index contributed by atoms with van der Waals surface area (Å²) in [7, 11) is 0. The molecule has 0 radical (unpaired) electrons. The van der Waals surface area contributed by atoms with Crippen LogP contribution in [0.4, 0.5) is 8.78 Å². The molecule has 1 atom stereocenters. The standard InChI is InChI=1S/C31H38F2/c1-3-21-31(30-16-5-4-11-25(30)2,22-8-6-12-26-17-19-28(32)20-18-26)23-9-7-13-27-14-10-15-29(33)24-27/h4-5,10-11,14-20,24H,3,6-9,12-13,21-23H2,1-2H3. The number of hydrogen-bond donors (Lipinski definition) is 0. The molecule has 0 amide bonds. The molecule has 0 fully saturated rings. The van der Waals surface area contributed by atoms with Crippen molar-refractivity contribution in [1.29, 1.82) is 0 Å². The molecule has 3 aromatic carbocycles. The maximum absolute atomic E-state index is 13.5. The van der Waals surface area contributed by atoms with Gasteiger partial charge in [-0.15, -0.1) is 0 Å². The van der Waals surface area contributed by atoms with Crippen molar-refractivity contribution in [2.24, 2.45) is 0 Å². The Morgan fingerprint density at radius 2 is 1.30 bits per heavy atom. The van der Waals surface area contributed by atoms with E-state index in [1.165, 1.54) is 35.6 Å². The molecule has 0 aliphatic heterocycles. The highest BCUT2D eigenvalue weighted by Gasteiger charge is 2.31. The van der Waals surface area contributed by atoms with Crippen molar-refractivity contribution in [1.82, 2.24) is 0 Å². The van der Waals surface area contributed by atoms with Crippen LogP contribution in [0.15, 0.2) is 72.8 Å². The van der Waals surface area contributed by atoms with Gasteiger partial charge in [0.15, 0.2) is 0 Å². The Hall–Kier alpha value is -2.48. The van der Waals surface area contributed by atoms with Crippen molar-refractivity contribution < 1.29 is 8.78 Å². The first kappa shape index (κ1) is 25.1. The lowest BCUT2D eigenvalue weighted by molar-refractivity contribution is 0.310. The van der Waals surface area contributed by atoms with E-state index < -0.39 is 0 Å². The second-order valence-corrected chi connectivity index (χ2v) is 9.52. The van der Waals surface area contributed by atoms with Crippen LogP contribution in [0.5, 0.6) is 0 Å². The molecule has 0 bridgehead atoms. The normalized spacial score (nSPS) is 13.1. The Labute approximate surface area is 199 Å². The molecule has 0 N–H and O–H groups in total. The van der Waals surface area contributed by atoms with Crippen molar-refractivity contribution >= 4 is 0 Å². The molecule has 1 unspecified atom stereocenters. The lowest BCUT2D eigenvalue weighted by Gasteiger charge is -2.36. The van der Waals surface area contributed by atoms with Crippen molar-refractivity contribution in [2.45, 2.75) is 83.5 Å². The van der Waals surface area contributed by atoms with Gasteiger partial charge in [0, 0.05) is 0 Å². The summed E-state index contributed by atoms with van der Waals surface area (Å²) in [5.74, 6) is -0.313. The third-order valence-electron chi connectivity index (χ3n) is 6.99. The van der Waals surface area contributed by atoms with Crippen LogP contribution in [-0.4, -0.2) is 0 Å². The Morgan fingerprint density at radius 3 is 1.94 bits per heavy atom. The zero-order valence-electron chi connectivity index (χ0n) is 20.3. The summed E-state index contributed by atoms with van der Waals surface area (Å²) >= 11 is 0. The number of unbranched alkanes of at least 4 members (excludes halogenated alkanes) is 2. The molecular formula is C31H38F2. The second-order valence-electron chi connectivity index (χ2n) is 9.52. The van der Waals surface area contributed by atoms with E-state index in [1.54, 1.807) is 24.3 Å². The van der Waals surface area contributed by atoms with Gasteiger partial charge in [-0.1, -0.05) is 74.7 Å². The van der Waals surface area contributed by atoms with Crippen molar-refractivity contribution in [3.05, 3.63) is 107 Å². The molecule has 0 saturated carbocycles. The van der Waals surface area contributed by atoms with Gasteiger partial charge in [0.1, 0.15) is 11.6 Å². The van der Waals surface area contributed by atoms with Gasteiger partial charge in [-0.2, -0.15) is 0 Å². The Morgan fingerprint density at radius 1 is 0.636 bits per heavy atom.